The fraction of sp³-hybridized carbons (Fsp3) is 0.500. The molecule has 1 aromatic heterocycles. The van der Waals surface area contributed by atoms with Crippen LogP contribution in [0.3, 0.4) is 0 Å². The fourth-order valence-corrected chi connectivity index (χ4v) is 2.25. The van der Waals surface area contributed by atoms with E-state index in [9.17, 15) is 9.59 Å². The highest BCUT2D eigenvalue weighted by atomic mass is 32.1. The van der Waals surface area contributed by atoms with Gasteiger partial charge in [0.2, 0.25) is 5.91 Å². The normalized spacial score (nSPS) is 16.5. The van der Waals surface area contributed by atoms with Crippen LogP contribution in [0, 0.1) is 0 Å². The number of carbonyl (C=O) groups excluding carboxylic acids is 2. The molecular formula is C10H14N4O2S. The van der Waals surface area contributed by atoms with E-state index in [0.717, 1.165) is 5.01 Å². The molecule has 0 aliphatic carbocycles. The minimum atomic E-state index is -0.192. The lowest BCUT2D eigenvalue weighted by molar-refractivity contribution is -0.133. The number of aromatic nitrogens is 1. The number of piperazine rings is 1. The summed E-state index contributed by atoms with van der Waals surface area (Å²) < 4.78 is 0. The van der Waals surface area contributed by atoms with Gasteiger partial charge in [-0.25, -0.2) is 4.98 Å². The lowest BCUT2D eigenvalue weighted by atomic mass is 10.3. The first-order valence-corrected chi connectivity index (χ1v) is 6.17. The molecule has 7 heteroatoms. The molecular weight excluding hydrogens is 240 g/mol. The van der Waals surface area contributed by atoms with Crippen molar-refractivity contribution in [1.82, 2.24) is 14.8 Å². The molecule has 0 bridgehead atoms. The van der Waals surface area contributed by atoms with E-state index < -0.39 is 0 Å². The smallest absolute Gasteiger partial charge is 0.273 e. The van der Waals surface area contributed by atoms with E-state index >= 15 is 0 Å². The van der Waals surface area contributed by atoms with Crippen molar-refractivity contribution >= 4 is 23.2 Å². The molecule has 1 aromatic rings. The highest BCUT2D eigenvalue weighted by molar-refractivity contribution is 7.09. The van der Waals surface area contributed by atoms with E-state index in [1.54, 1.807) is 17.3 Å². The molecule has 1 fully saturated rings. The Morgan fingerprint density at radius 2 is 2.35 bits per heavy atom. The number of rotatable bonds is 2. The first-order chi connectivity index (χ1) is 8.11. The van der Waals surface area contributed by atoms with Crippen molar-refractivity contribution in [1.29, 1.82) is 0 Å². The van der Waals surface area contributed by atoms with Gasteiger partial charge in [0, 0.05) is 32.1 Å². The fourth-order valence-electron chi connectivity index (χ4n) is 1.60. The number of amides is 2. The molecule has 0 spiro atoms. The molecule has 2 N–H and O–H groups in total. The third-order valence-corrected chi connectivity index (χ3v) is 3.56. The molecule has 2 rings (SSSR count). The molecule has 1 aliphatic rings. The maximum absolute atomic E-state index is 12.0. The first-order valence-electron chi connectivity index (χ1n) is 5.29. The minimum absolute atomic E-state index is 0.0427. The number of hydrogen-bond donors (Lipinski definition) is 1. The van der Waals surface area contributed by atoms with Gasteiger partial charge >= 0.3 is 0 Å². The Kier molecular flexibility index (Phi) is 3.39. The summed E-state index contributed by atoms with van der Waals surface area (Å²) in [6.45, 7) is 1.58. The van der Waals surface area contributed by atoms with Crippen molar-refractivity contribution in [3.05, 3.63) is 16.1 Å². The average molecular weight is 254 g/mol. The number of nitrogens with two attached hydrogens (primary N) is 1. The summed E-state index contributed by atoms with van der Waals surface area (Å²) in [5.74, 6) is -0.235. The van der Waals surface area contributed by atoms with Crippen molar-refractivity contribution in [2.75, 3.05) is 26.7 Å². The molecule has 2 amide bonds. The summed E-state index contributed by atoms with van der Waals surface area (Å²) >= 11 is 1.36. The van der Waals surface area contributed by atoms with Gasteiger partial charge in [0.15, 0.2) is 0 Å². The number of carbonyl (C=O) groups is 2. The maximum Gasteiger partial charge on any atom is 0.273 e. The molecule has 1 saturated heterocycles. The van der Waals surface area contributed by atoms with Gasteiger partial charge in [-0.15, -0.1) is 11.3 Å². The highest BCUT2D eigenvalue weighted by Crippen LogP contribution is 2.12. The van der Waals surface area contributed by atoms with Crippen molar-refractivity contribution in [2.45, 2.75) is 6.54 Å². The molecule has 92 valence electrons. The summed E-state index contributed by atoms with van der Waals surface area (Å²) in [4.78, 5) is 30.8. The molecule has 0 unspecified atom stereocenters. The molecule has 0 radical (unpaired) electrons. The Hall–Kier alpha value is -1.47. The minimum Gasteiger partial charge on any atom is -0.342 e. The van der Waals surface area contributed by atoms with E-state index in [4.69, 9.17) is 5.73 Å². The number of hydrogen-bond acceptors (Lipinski definition) is 5. The van der Waals surface area contributed by atoms with Crippen LogP contribution < -0.4 is 5.73 Å². The SMILES string of the molecule is CN1CCN(C(=O)c2csc(CN)n2)CC1=O. The highest BCUT2D eigenvalue weighted by Gasteiger charge is 2.26. The quantitative estimate of drug-likeness (QED) is 0.773. The van der Waals surface area contributed by atoms with Gasteiger partial charge in [-0.1, -0.05) is 0 Å². The number of likely N-dealkylation sites (N-methyl/N-ethyl adjacent to an activating group) is 1. The predicted octanol–water partition coefficient (Wildman–Crippen LogP) is -0.484. The van der Waals surface area contributed by atoms with E-state index in [1.165, 1.54) is 16.2 Å². The second-order valence-electron chi connectivity index (χ2n) is 3.87. The molecule has 0 atom stereocenters. The van der Waals surface area contributed by atoms with Crippen LogP contribution in [-0.4, -0.2) is 53.3 Å². The maximum atomic E-state index is 12.0. The standard InChI is InChI=1S/C10H14N4O2S/c1-13-2-3-14(5-9(13)15)10(16)7-6-17-8(4-11)12-7/h6H,2-5,11H2,1H3. The number of thiazole rings is 1. The van der Waals surface area contributed by atoms with Gasteiger partial charge in [0.05, 0.1) is 0 Å². The summed E-state index contributed by atoms with van der Waals surface area (Å²) in [7, 11) is 1.74. The summed E-state index contributed by atoms with van der Waals surface area (Å²) in [5.41, 5.74) is 5.83. The van der Waals surface area contributed by atoms with E-state index in [-0.39, 0.29) is 18.4 Å². The van der Waals surface area contributed by atoms with Gasteiger partial charge in [0.1, 0.15) is 17.2 Å². The van der Waals surface area contributed by atoms with Crippen molar-refractivity contribution < 1.29 is 9.59 Å². The predicted molar refractivity (Wildman–Crippen MR) is 63.5 cm³/mol. The zero-order valence-corrected chi connectivity index (χ0v) is 10.4. The van der Waals surface area contributed by atoms with Gasteiger partial charge in [-0.3, -0.25) is 9.59 Å². The van der Waals surface area contributed by atoms with Crippen LogP contribution in [0.25, 0.3) is 0 Å². The monoisotopic (exact) mass is 254 g/mol. The van der Waals surface area contributed by atoms with Crippen LogP contribution in [0.5, 0.6) is 0 Å². The van der Waals surface area contributed by atoms with E-state index in [0.29, 0.717) is 25.3 Å². The summed E-state index contributed by atoms with van der Waals surface area (Å²) in [5, 5.41) is 2.42. The van der Waals surface area contributed by atoms with Crippen LogP contribution in [-0.2, 0) is 11.3 Å². The van der Waals surface area contributed by atoms with Gasteiger partial charge in [0.25, 0.3) is 5.91 Å². The zero-order valence-electron chi connectivity index (χ0n) is 9.55. The summed E-state index contributed by atoms with van der Waals surface area (Å²) in [6, 6.07) is 0. The van der Waals surface area contributed by atoms with Crippen LogP contribution in [0.1, 0.15) is 15.5 Å². The van der Waals surface area contributed by atoms with Crippen LogP contribution in [0.4, 0.5) is 0 Å². The van der Waals surface area contributed by atoms with Crippen molar-refractivity contribution in [2.24, 2.45) is 5.73 Å². The summed E-state index contributed by atoms with van der Waals surface area (Å²) in [6.07, 6.45) is 0. The Morgan fingerprint density at radius 3 is 2.94 bits per heavy atom. The van der Waals surface area contributed by atoms with Crippen LogP contribution in [0.15, 0.2) is 5.38 Å². The van der Waals surface area contributed by atoms with Gasteiger partial charge in [-0.2, -0.15) is 0 Å². The molecule has 17 heavy (non-hydrogen) atoms. The molecule has 0 aromatic carbocycles. The average Bonchev–Trinajstić information content (AvgIpc) is 2.80. The molecule has 0 saturated carbocycles. The van der Waals surface area contributed by atoms with Crippen LogP contribution >= 0.6 is 11.3 Å². The topological polar surface area (TPSA) is 79.5 Å². The van der Waals surface area contributed by atoms with Gasteiger partial charge in [-0.05, 0) is 0 Å². The Labute approximate surface area is 103 Å². The lowest BCUT2D eigenvalue weighted by Crippen LogP contribution is -2.50. The van der Waals surface area contributed by atoms with Crippen molar-refractivity contribution in [3.8, 4) is 0 Å². The largest absolute Gasteiger partial charge is 0.342 e. The Morgan fingerprint density at radius 1 is 1.59 bits per heavy atom. The Bertz CT molecular complexity index is 445. The van der Waals surface area contributed by atoms with Crippen LogP contribution in [0.2, 0.25) is 0 Å². The molecule has 2 heterocycles. The second kappa shape index (κ2) is 4.80. The Balaban J connectivity index is 2.07. The van der Waals surface area contributed by atoms with E-state index in [2.05, 4.69) is 4.98 Å². The van der Waals surface area contributed by atoms with Crippen molar-refractivity contribution in [3.63, 3.8) is 0 Å². The number of nitrogens with zero attached hydrogens (tertiary/aromatic N) is 3. The lowest BCUT2D eigenvalue weighted by Gasteiger charge is -2.31. The molecule has 6 nitrogen and oxygen atoms in total. The van der Waals surface area contributed by atoms with E-state index in [1.807, 2.05) is 0 Å². The molecule has 1 aliphatic heterocycles. The zero-order chi connectivity index (χ0) is 12.4. The third kappa shape index (κ3) is 2.45. The van der Waals surface area contributed by atoms with Gasteiger partial charge < -0.3 is 15.5 Å². The first kappa shape index (κ1) is 12.0. The third-order valence-electron chi connectivity index (χ3n) is 2.69. The second-order valence-corrected chi connectivity index (χ2v) is 4.82.